The van der Waals surface area contributed by atoms with Gasteiger partial charge in [-0.1, -0.05) is 24.2 Å². The Kier molecular flexibility index (Phi) is 5.22. The molecule has 0 saturated heterocycles. The SMILES string of the molecule is C=C(NNC(=O)C(F)F)c1cnc(NC2(c3ccc(F)c(Cl)c3)CC2)nc1. The molecule has 3 rings (SSSR count). The van der Waals surface area contributed by atoms with E-state index in [-0.39, 0.29) is 10.7 Å². The monoisotopic (exact) mass is 397 g/mol. The molecule has 0 bridgehead atoms. The van der Waals surface area contributed by atoms with E-state index in [1.807, 2.05) is 5.43 Å². The standard InChI is InChI=1S/C17H15ClF3N5O/c1-9(25-26-15(27)14(20)21)10-7-22-16(23-8-10)24-17(4-5-17)11-2-3-13(19)12(18)6-11/h2-3,6-8,14,25H,1,4-5H2,(H,26,27)(H,22,23,24). The Morgan fingerprint density at radius 2 is 1.89 bits per heavy atom. The molecule has 1 saturated carbocycles. The summed E-state index contributed by atoms with van der Waals surface area (Å²) in [5.41, 5.74) is 5.09. The van der Waals surface area contributed by atoms with Crippen molar-refractivity contribution in [2.45, 2.75) is 24.8 Å². The van der Waals surface area contributed by atoms with E-state index >= 15 is 0 Å². The molecule has 0 spiro atoms. The van der Waals surface area contributed by atoms with Crippen LogP contribution in [0.1, 0.15) is 24.0 Å². The maximum atomic E-state index is 13.4. The molecule has 1 aliphatic carbocycles. The molecule has 0 radical (unpaired) electrons. The van der Waals surface area contributed by atoms with Crippen molar-refractivity contribution in [1.29, 1.82) is 0 Å². The first-order chi connectivity index (χ1) is 12.8. The van der Waals surface area contributed by atoms with Gasteiger partial charge in [-0.3, -0.25) is 15.6 Å². The van der Waals surface area contributed by atoms with Gasteiger partial charge in [0.15, 0.2) is 0 Å². The summed E-state index contributed by atoms with van der Waals surface area (Å²) in [6.45, 7) is 3.62. The Labute approximate surface area is 157 Å². The Bertz CT molecular complexity index is 871. The molecule has 1 fully saturated rings. The Hall–Kier alpha value is -2.81. The van der Waals surface area contributed by atoms with Crippen molar-refractivity contribution in [3.63, 3.8) is 0 Å². The molecule has 1 aromatic carbocycles. The van der Waals surface area contributed by atoms with Gasteiger partial charge in [0.2, 0.25) is 5.95 Å². The fourth-order valence-electron chi connectivity index (χ4n) is 2.43. The summed E-state index contributed by atoms with van der Waals surface area (Å²) in [6.07, 6.45) is 1.34. The lowest BCUT2D eigenvalue weighted by atomic mass is 10.1. The summed E-state index contributed by atoms with van der Waals surface area (Å²) in [5, 5.41) is 3.25. The third-order valence-corrected chi connectivity index (χ3v) is 4.40. The number of anilines is 1. The maximum absolute atomic E-state index is 13.4. The minimum absolute atomic E-state index is 0.0464. The number of carbonyl (C=O) groups excluding carboxylic acids is 1. The highest BCUT2D eigenvalue weighted by atomic mass is 35.5. The lowest BCUT2D eigenvalue weighted by Crippen LogP contribution is -2.39. The van der Waals surface area contributed by atoms with Crippen molar-refractivity contribution in [2.75, 3.05) is 5.32 Å². The molecule has 0 unspecified atom stereocenters. The van der Waals surface area contributed by atoms with Crippen LogP contribution in [0.25, 0.3) is 5.70 Å². The van der Waals surface area contributed by atoms with Gasteiger partial charge in [-0.2, -0.15) is 8.78 Å². The van der Waals surface area contributed by atoms with Crippen molar-refractivity contribution in [3.05, 3.63) is 59.1 Å². The normalized spacial score (nSPS) is 14.6. The van der Waals surface area contributed by atoms with E-state index in [1.54, 1.807) is 12.1 Å². The number of benzene rings is 1. The molecule has 1 amide bonds. The number of aromatic nitrogens is 2. The van der Waals surface area contributed by atoms with Gasteiger partial charge < -0.3 is 5.32 Å². The van der Waals surface area contributed by atoms with Crippen LogP contribution >= 0.6 is 11.6 Å². The van der Waals surface area contributed by atoms with Gasteiger partial charge in [0.25, 0.3) is 0 Å². The van der Waals surface area contributed by atoms with Gasteiger partial charge >= 0.3 is 12.3 Å². The highest BCUT2D eigenvalue weighted by molar-refractivity contribution is 6.30. The summed E-state index contributed by atoms with van der Waals surface area (Å²) in [4.78, 5) is 19.2. The third kappa shape index (κ3) is 4.30. The minimum Gasteiger partial charge on any atom is -0.345 e. The molecule has 3 N–H and O–H groups in total. The number of halogens is 4. The minimum atomic E-state index is -3.14. The van der Waals surface area contributed by atoms with E-state index in [2.05, 4.69) is 27.3 Å². The van der Waals surface area contributed by atoms with Crippen molar-refractivity contribution in [2.24, 2.45) is 0 Å². The van der Waals surface area contributed by atoms with Gasteiger partial charge in [-0.25, -0.2) is 14.4 Å². The molecule has 1 aliphatic rings. The number of rotatable bonds is 7. The van der Waals surface area contributed by atoms with Crippen LogP contribution in [0.3, 0.4) is 0 Å². The quantitative estimate of drug-likeness (QED) is 0.625. The average Bonchev–Trinajstić information content (AvgIpc) is 3.42. The number of hydrazine groups is 1. The first-order valence-corrected chi connectivity index (χ1v) is 8.27. The Morgan fingerprint density at radius 3 is 2.44 bits per heavy atom. The van der Waals surface area contributed by atoms with E-state index in [4.69, 9.17) is 11.6 Å². The second-order valence-corrected chi connectivity index (χ2v) is 6.43. The van der Waals surface area contributed by atoms with Crippen LogP contribution in [0.5, 0.6) is 0 Å². The second-order valence-electron chi connectivity index (χ2n) is 6.02. The number of hydrogen-bond acceptors (Lipinski definition) is 5. The summed E-state index contributed by atoms with van der Waals surface area (Å²) in [5.74, 6) is -1.62. The summed E-state index contributed by atoms with van der Waals surface area (Å²) in [7, 11) is 0. The molecule has 27 heavy (non-hydrogen) atoms. The number of alkyl halides is 2. The molecular formula is C17H15ClF3N5O. The highest BCUT2D eigenvalue weighted by Gasteiger charge is 2.45. The number of nitrogens with one attached hydrogen (secondary N) is 3. The first-order valence-electron chi connectivity index (χ1n) is 7.90. The number of carbonyl (C=O) groups is 1. The van der Waals surface area contributed by atoms with E-state index in [9.17, 15) is 18.0 Å². The van der Waals surface area contributed by atoms with Crippen LogP contribution in [0.4, 0.5) is 19.1 Å². The van der Waals surface area contributed by atoms with Crippen molar-refractivity contribution in [1.82, 2.24) is 20.8 Å². The molecule has 10 heteroatoms. The van der Waals surface area contributed by atoms with E-state index in [0.717, 1.165) is 18.4 Å². The van der Waals surface area contributed by atoms with Crippen LogP contribution in [0.2, 0.25) is 5.02 Å². The zero-order chi connectivity index (χ0) is 19.6. The Balaban J connectivity index is 1.64. The Morgan fingerprint density at radius 1 is 1.22 bits per heavy atom. The fraction of sp³-hybridized carbons (Fsp3) is 0.235. The summed E-state index contributed by atoms with van der Waals surface area (Å²) < 4.78 is 37.6. The molecular weight excluding hydrogens is 383 g/mol. The zero-order valence-corrected chi connectivity index (χ0v) is 14.7. The fourth-order valence-corrected chi connectivity index (χ4v) is 2.61. The lowest BCUT2D eigenvalue weighted by Gasteiger charge is -2.18. The van der Waals surface area contributed by atoms with Crippen LogP contribution in [0, 0.1) is 5.82 Å². The first kappa shape index (κ1) is 19.0. The van der Waals surface area contributed by atoms with Gasteiger partial charge in [0, 0.05) is 18.0 Å². The van der Waals surface area contributed by atoms with Gasteiger partial charge in [-0.15, -0.1) is 0 Å². The van der Waals surface area contributed by atoms with E-state index < -0.39 is 23.7 Å². The molecule has 1 aromatic heterocycles. The topological polar surface area (TPSA) is 78.9 Å². The third-order valence-electron chi connectivity index (χ3n) is 4.11. The molecule has 142 valence electrons. The molecule has 1 heterocycles. The summed E-state index contributed by atoms with van der Waals surface area (Å²) >= 11 is 5.85. The van der Waals surface area contributed by atoms with Crippen LogP contribution in [-0.4, -0.2) is 22.3 Å². The smallest absolute Gasteiger partial charge is 0.317 e. The predicted molar refractivity (Wildman–Crippen MR) is 94.3 cm³/mol. The highest BCUT2D eigenvalue weighted by Crippen LogP contribution is 2.48. The number of amides is 1. The molecule has 6 nitrogen and oxygen atoms in total. The van der Waals surface area contributed by atoms with E-state index in [1.165, 1.54) is 18.5 Å². The van der Waals surface area contributed by atoms with Crippen LogP contribution in [0.15, 0.2) is 37.2 Å². The van der Waals surface area contributed by atoms with Crippen molar-refractivity contribution >= 4 is 29.2 Å². The van der Waals surface area contributed by atoms with Gasteiger partial charge in [-0.05, 0) is 30.5 Å². The number of nitrogens with zero attached hydrogens (tertiary/aromatic N) is 2. The molecule has 0 aliphatic heterocycles. The van der Waals surface area contributed by atoms with Gasteiger partial charge in [0.1, 0.15) is 5.82 Å². The van der Waals surface area contributed by atoms with Crippen molar-refractivity contribution in [3.8, 4) is 0 Å². The van der Waals surface area contributed by atoms with Crippen molar-refractivity contribution < 1.29 is 18.0 Å². The van der Waals surface area contributed by atoms with Gasteiger partial charge in [0.05, 0.1) is 16.3 Å². The average molecular weight is 398 g/mol. The predicted octanol–water partition coefficient (Wildman–Crippen LogP) is 3.23. The van der Waals surface area contributed by atoms with Crippen LogP contribution in [-0.2, 0) is 10.3 Å². The maximum Gasteiger partial charge on any atom is 0.317 e. The lowest BCUT2D eigenvalue weighted by molar-refractivity contribution is -0.132. The molecule has 0 atom stereocenters. The number of hydrogen-bond donors (Lipinski definition) is 3. The largest absolute Gasteiger partial charge is 0.345 e. The molecule has 2 aromatic rings. The summed E-state index contributed by atoms with van der Waals surface area (Å²) in [6, 6.07) is 4.54. The van der Waals surface area contributed by atoms with E-state index in [0.29, 0.717) is 11.5 Å². The zero-order valence-electron chi connectivity index (χ0n) is 13.9. The van der Waals surface area contributed by atoms with Crippen LogP contribution < -0.4 is 16.2 Å². The second kappa shape index (κ2) is 7.43.